The third-order valence-corrected chi connectivity index (χ3v) is 2.63. The van der Waals surface area contributed by atoms with Gasteiger partial charge in [0.05, 0.1) is 7.11 Å². The van der Waals surface area contributed by atoms with Gasteiger partial charge in [-0.05, 0) is 42.3 Å². The quantitative estimate of drug-likeness (QED) is 0.773. The molecule has 0 saturated heterocycles. The highest BCUT2D eigenvalue weighted by Gasteiger charge is 2.08. The molecule has 1 aromatic carbocycles. The Kier molecular flexibility index (Phi) is 3.63. The van der Waals surface area contributed by atoms with Crippen LogP contribution in [-0.2, 0) is 6.42 Å². The van der Waals surface area contributed by atoms with Crippen LogP contribution in [0.1, 0.15) is 5.56 Å². The molecular weight excluding hydrogens is 228 g/mol. The number of benzene rings is 1. The fourth-order valence-corrected chi connectivity index (χ4v) is 1.75. The van der Waals surface area contributed by atoms with Crippen LogP contribution in [0.25, 0.3) is 11.3 Å². The number of hydrogen-bond acceptors (Lipinski definition) is 3. The number of allylic oxidation sites excluding steroid dienone is 1. The molecule has 0 radical (unpaired) electrons. The zero-order valence-corrected chi connectivity index (χ0v) is 10.2. The van der Waals surface area contributed by atoms with Gasteiger partial charge in [-0.2, -0.15) is 0 Å². The number of ether oxygens (including phenoxy) is 1. The van der Waals surface area contributed by atoms with E-state index < -0.39 is 0 Å². The van der Waals surface area contributed by atoms with Crippen LogP contribution in [0.15, 0.2) is 58.3 Å². The van der Waals surface area contributed by atoms with Crippen LogP contribution in [0.3, 0.4) is 0 Å². The van der Waals surface area contributed by atoms with Gasteiger partial charge < -0.3 is 9.15 Å². The summed E-state index contributed by atoms with van der Waals surface area (Å²) in [5.74, 6) is 1.35. The fourth-order valence-electron chi connectivity index (χ4n) is 1.75. The minimum absolute atomic E-state index is 0.353. The fraction of sp³-hybridized carbons (Fsp3) is 0.133. The van der Waals surface area contributed by atoms with Crippen LogP contribution in [0.5, 0.6) is 5.75 Å². The Morgan fingerprint density at radius 3 is 2.56 bits per heavy atom. The molecule has 3 heteroatoms. The van der Waals surface area contributed by atoms with E-state index in [0.29, 0.717) is 12.2 Å². The van der Waals surface area contributed by atoms with Crippen LogP contribution in [0.2, 0.25) is 0 Å². The van der Waals surface area contributed by atoms with Crippen molar-refractivity contribution in [2.75, 3.05) is 7.11 Å². The maximum Gasteiger partial charge on any atom is 0.336 e. The second-order valence-corrected chi connectivity index (χ2v) is 3.83. The van der Waals surface area contributed by atoms with Gasteiger partial charge in [0.1, 0.15) is 11.5 Å². The number of rotatable bonds is 4. The lowest BCUT2D eigenvalue weighted by molar-refractivity contribution is 0.415. The van der Waals surface area contributed by atoms with Gasteiger partial charge in [0.2, 0.25) is 0 Å². The first-order chi connectivity index (χ1) is 8.74. The zero-order valence-electron chi connectivity index (χ0n) is 10.2. The van der Waals surface area contributed by atoms with Gasteiger partial charge in [-0.15, -0.1) is 6.58 Å². The second kappa shape index (κ2) is 5.36. The van der Waals surface area contributed by atoms with E-state index in [1.807, 2.05) is 24.3 Å². The maximum absolute atomic E-state index is 11.3. The SMILES string of the molecule is C=CCc1ccc(=O)oc1-c1ccc(OC)cc1. The van der Waals surface area contributed by atoms with Crippen LogP contribution < -0.4 is 10.4 Å². The van der Waals surface area contributed by atoms with E-state index in [0.717, 1.165) is 16.9 Å². The lowest BCUT2D eigenvalue weighted by Gasteiger charge is -2.06. The van der Waals surface area contributed by atoms with Gasteiger partial charge in [-0.3, -0.25) is 0 Å². The third kappa shape index (κ3) is 2.51. The van der Waals surface area contributed by atoms with Gasteiger partial charge in [0.15, 0.2) is 0 Å². The Balaban J connectivity index is 2.50. The van der Waals surface area contributed by atoms with Crippen molar-refractivity contribution in [1.29, 1.82) is 0 Å². The zero-order chi connectivity index (χ0) is 13.0. The summed E-state index contributed by atoms with van der Waals surface area (Å²) >= 11 is 0. The summed E-state index contributed by atoms with van der Waals surface area (Å²) in [6.07, 6.45) is 2.44. The second-order valence-electron chi connectivity index (χ2n) is 3.83. The first kappa shape index (κ1) is 12.2. The first-order valence-corrected chi connectivity index (χ1v) is 5.63. The van der Waals surface area contributed by atoms with Gasteiger partial charge in [-0.1, -0.05) is 6.08 Å². The standard InChI is InChI=1S/C15H14O3/c1-3-4-11-7-10-14(16)18-15(11)12-5-8-13(17-2)9-6-12/h3,5-10H,1,4H2,2H3. The van der Waals surface area contributed by atoms with Crippen molar-refractivity contribution in [2.45, 2.75) is 6.42 Å². The Hall–Kier alpha value is -2.29. The molecule has 0 fully saturated rings. The van der Waals surface area contributed by atoms with Crippen molar-refractivity contribution in [2.24, 2.45) is 0 Å². The normalized spacial score (nSPS) is 10.1. The summed E-state index contributed by atoms with van der Waals surface area (Å²) in [4.78, 5) is 11.3. The molecule has 2 rings (SSSR count). The highest BCUT2D eigenvalue weighted by atomic mass is 16.5. The lowest BCUT2D eigenvalue weighted by Crippen LogP contribution is -2.00. The molecule has 0 aliphatic heterocycles. The summed E-state index contributed by atoms with van der Waals surface area (Å²) in [5.41, 5.74) is 1.44. The van der Waals surface area contributed by atoms with Gasteiger partial charge in [0.25, 0.3) is 0 Å². The molecule has 0 amide bonds. The molecule has 0 aliphatic carbocycles. The maximum atomic E-state index is 11.3. The Morgan fingerprint density at radius 1 is 1.22 bits per heavy atom. The van der Waals surface area contributed by atoms with E-state index in [4.69, 9.17) is 9.15 Å². The molecule has 2 aromatic rings. The smallest absolute Gasteiger partial charge is 0.336 e. The minimum Gasteiger partial charge on any atom is -0.497 e. The average molecular weight is 242 g/mol. The molecule has 0 bridgehead atoms. The topological polar surface area (TPSA) is 39.4 Å². The molecule has 1 heterocycles. The Morgan fingerprint density at radius 2 is 1.94 bits per heavy atom. The molecule has 0 saturated carbocycles. The molecular formula is C15H14O3. The van der Waals surface area contributed by atoms with Crippen LogP contribution in [-0.4, -0.2) is 7.11 Å². The molecule has 0 unspecified atom stereocenters. The highest BCUT2D eigenvalue weighted by Crippen LogP contribution is 2.25. The van der Waals surface area contributed by atoms with E-state index in [2.05, 4.69) is 6.58 Å². The molecule has 3 nitrogen and oxygen atoms in total. The van der Waals surface area contributed by atoms with Crippen molar-refractivity contribution in [3.8, 4) is 17.1 Å². The van der Waals surface area contributed by atoms with Gasteiger partial charge in [-0.25, -0.2) is 4.79 Å². The number of hydrogen-bond donors (Lipinski definition) is 0. The Labute approximate surface area is 105 Å². The summed E-state index contributed by atoms with van der Waals surface area (Å²) < 4.78 is 10.4. The lowest BCUT2D eigenvalue weighted by atomic mass is 10.1. The van der Waals surface area contributed by atoms with Crippen molar-refractivity contribution in [1.82, 2.24) is 0 Å². The molecule has 0 spiro atoms. The van der Waals surface area contributed by atoms with Crippen molar-refractivity contribution < 1.29 is 9.15 Å². The van der Waals surface area contributed by atoms with Crippen LogP contribution in [0.4, 0.5) is 0 Å². The monoisotopic (exact) mass is 242 g/mol. The van der Waals surface area contributed by atoms with E-state index >= 15 is 0 Å². The molecule has 0 atom stereocenters. The van der Waals surface area contributed by atoms with Crippen molar-refractivity contribution in [3.63, 3.8) is 0 Å². The van der Waals surface area contributed by atoms with E-state index in [1.54, 1.807) is 19.3 Å². The Bertz CT molecular complexity index is 594. The van der Waals surface area contributed by atoms with Gasteiger partial charge in [0, 0.05) is 11.6 Å². The third-order valence-electron chi connectivity index (χ3n) is 2.63. The van der Waals surface area contributed by atoms with Crippen LogP contribution >= 0.6 is 0 Å². The van der Waals surface area contributed by atoms with Crippen LogP contribution in [0, 0.1) is 0 Å². The summed E-state index contributed by atoms with van der Waals surface area (Å²) in [6, 6.07) is 10.6. The predicted octanol–water partition coefficient (Wildman–Crippen LogP) is 3.04. The summed E-state index contributed by atoms with van der Waals surface area (Å²) in [5, 5.41) is 0. The van der Waals surface area contributed by atoms with E-state index in [-0.39, 0.29) is 5.63 Å². The largest absolute Gasteiger partial charge is 0.497 e. The van der Waals surface area contributed by atoms with Gasteiger partial charge >= 0.3 is 5.63 Å². The van der Waals surface area contributed by atoms with Crippen molar-refractivity contribution in [3.05, 3.63) is 65.0 Å². The number of methoxy groups -OCH3 is 1. The molecule has 92 valence electrons. The predicted molar refractivity (Wildman–Crippen MR) is 70.9 cm³/mol. The van der Waals surface area contributed by atoms with E-state index in [1.165, 1.54) is 6.07 Å². The van der Waals surface area contributed by atoms with Crippen molar-refractivity contribution >= 4 is 0 Å². The molecule has 18 heavy (non-hydrogen) atoms. The average Bonchev–Trinajstić information content (AvgIpc) is 2.41. The summed E-state index contributed by atoms with van der Waals surface area (Å²) in [7, 11) is 1.61. The molecule has 0 aliphatic rings. The van der Waals surface area contributed by atoms with E-state index in [9.17, 15) is 4.79 Å². The first-order valence-electron chi connectivity index (χ1n) is 5.63. The minimum atomic E-state index is -0.353. The molecule has 1 aromatic heterocycles. The molecule has 0 N–H and O–H groups in total. The highest BCUT2D eigenvalue weighted by molar-refractivity contribution is 5.62. The summed E-state index contributed by atoms with van der Waals surface area (Å²) in [6.45, 7) is 3.70.